The molecule has 3 aromatic rings. The van der Waals surface area contributed by atoms with Crippen molar-refractivity contribution < 1.29 is 23.4 Å². The normalized spacial score (nSPS) is 12.0. The molecule has 1 amide bonds. The number of halogens is 3. The van der Waals surface area contributed by atoms with E-state index in [1.54, 1.807) is 6.92 Å². The van der Waals surface area contributed by atoms with Crippen LogP contribution in [0.4, 0.5) is 14.5 Å². The van der Waals surface area contributed by atoms with Gasteiger partial charge in [-0.3, -0.25) is 9.36 Å². The first-order valence-corrected chi connectivity index (χ1v) is 10.6. The molecule has 1 aromatic heterocycles. The summed E-state index contributed by atoms with van der Waals surface area (Å²) < 4.78 is 36.9. The van der Waals surface area contributed by atoms with E-state index in [4.69, 9.17) is 16.3 Å². The van der Waals surface area contributed by atoms with Crippen molar-refractivity contribution in [1.29, 1.82) is 0 Å². The van der Waals surface area contributed by atoms with Gasteiger partial charge in [0, 0.05) is 13.1 Å². The summed E-state index contributed by atoms with van der Waals surface area (Å²) in [6.45, 7) is 3.20. The first-order valence-electron chi connectivity index (χ1n) is 10.2. The van der Waals surface area contributed by atoms with Gasteiger partial charge in [0.25, 0.3) is 5.91 Å². The van der Waals surface area contributed by atoms with Crippen LogP contribution in [0.2, 0.25) is 5.02 Å². The predicted octanol–water partition coefficient (Wildman–Crippen LogP) is 3.81. The predicted molar refractivity (Wildman–Crippen MR) is 119 cm³/mol. The second-order valence-electron chi connectivity index (χ2n) is 7.40. The van der Waals surface area contributed by atoms with Gasteiger partial charge in [-0.2, -0.15) is 4.68 Å². The van der Waals surface area contributed by atoms with Crippen LogP contribution in [0.5, 0.6) is 5.75 Å². The molecule has 2 N–H and O–H groups in total. The Kier molecular flexibility index (Phi) is 7.50. The fourth-order valence-corrected chi connectivity index (χ4v) is 3.44. The van der Waals surface area contributed by atoms with Crippen molar-refractivity contribution >= 4 is 23.2 Å². The number of rotatable bonds is 8. The number of carbonyl (C=O) groups is 1. The minimum atomic E-state index is -0.944. The van der Waals surface area contributed by atoms with Crippen LogP contribution in [-0.2, 0) is 13.7 Å². The number of hydrogen-bond acceptors (Lipinski definition) is 5. The Labute approximate surface area is 193 Å². The molecule has 0 aliphatic heterocycles. The molecule has 0 aliphatic rings. The van der Waals surface area contributed by atoms with E-state index in [0.29, 0.717) is 6.42 Å². The summed E-state index contributed by atoms with van der Waals surface area (Å²) in [6, 6.07) is 5.96. The fourth-order valence-electron chi connectivity index (χ4n) is 3.23. The minimum absolute atomic E-state index is 0.0252. The Morgan fingerprint density at radius 1 is 1.30 bits per heavy atom. The number of carbonyl (C=O) groups excluding carboxylic acids is 1. The Balaban J connectivity index is 2.10. The minimum Gasteiger partial charge on any atom is -0.490 e. The van der Waals surface area contributed by atoms with Gasteiger partial charge < -0.3 is 15.2 Å². The summed E-state index contributed by atoms with van der Waals surface area (Å²) in [5, 5.41) is 15.6. The molecule has 0 aliphatic carbocycles. The van der Waals surface area contributed by atoms with Gasteiger partial charge in [0.05, 0.1) is 22.4 Å². The fraction of sp³-hybridized carbons (Fsp3) is 0.318. The summed E-state index contributed by atoms with van der Waals surface area (Å²) in [7, 11) is 1.38. The molecule has 1 unspecified atom stereocenters. The molecular formula is C22H23ClF2N4O4. The number of aliphatic hydroxyl groups excluding tert-OH is 1. The van der Waals surface area contributed by atoms with Gasteiger partial charge in [-0.1, -0.05) is 31.0 Å². The van der Waals surface area contributed by atoms with Gasteiger partial charge in [-0.15, -0.1) is 5.10 Å². The molecule has 2 aromatic carbocycles. The number of nitrogens with one attached hydrogen (secondary N) is 1. The van der Waals surface area contributed by atoms with E-state index < -0.39 is 29.8 Å². The highest BCUT2D eigenvalue weighted by Gasteiger charge is 2.23. The van der Waals surface area contributed by atoms with Crippen molar-refractivity contribution in [2.24, 2.45) is 7.05 Å². The molecule has 0 spiro atoms. The lowest BCUT2D eigenvalue weighted by atomic mass is 10.1. The lowest BCUT2D eigenvalue weighted by Crippen LogP contribution is -2.24. The molecule has 0 radical (unpaired) electrons. The Morgan fingerprint density at radius 3 is 2.64 bits per heavy atom. The summed E-state index contributed by atoms with van der Waals surface area (Å²) >= 11 is 5.98. The van der Waals surface area contributed by atoms with Crippen molar-refractivity contribution in [3.05, 3.63) is 68.9 Å². The topological polar surface area (TPSA) is 98.4 Å². The molecule has 3 rings (SSSR count). The van der Waals surface area contributed by atoms with Crippen LogP contribution in [0, 0.1) is 11.6 Å². The van der Waals surface area contributed by atoms with Crippen molar-refractivity contribution in [1.82, 2.24) is 14.3 Å². The number of aromatic nitrogens is 3. The van der Waals surface area contributed by atoms with E-state index >= 15 is 4.39 Å². The zero-order valence-electron chi connectivity index (χ0n) is 18.2. The molecule has 33 heavy (non-hydrogen) atoms. The molecular weight excluding hydrogens is 458 g/mol. The van der Waals surface area contributed by atoms with E-state index in [2.05, 4.69) is 10.4 Å². The molecule has 176 valence electrons. The average Bonchev–Trinajstić information content (AvgIpc) is 3.05. The molecule has 11 heteroatoms. The van der Waals surface area contributed by atoms with E-state index in [-0.39, 0.29) is 39.6 Å². The van der Waals surface area contributed by atoms with Crippen LogP contribution < -0.4 is 15.7 Å². The van der Waals surface area contributed by atoms with E-state index in [9.17, 15) is 19.1 Å². The smallest absolute Gasteiger partial charge is 0.350 e. The molecule has 0 bridgehead atoms. The first-order chi connectivity index (χ1) is 15.7. The quantitative estimate of drug-likeness (QED) is 0.511. The van der Waals surface area contributed by atoms with Gasteiger partial charge >= 0.3 is 5.69 Å². The summed E-state index contributed by atoms with van der Waals surface area (Å²) in [5.74, 6) is -2.56. The number of nitrogens with zero attached hydrogens (tertiary/aromatic N) is 3. The molecule has 0 saturated carbocycles. The SMILES string of the molecule is CCCC(C)Oc1cc(-n2nc(CO)n(C)c2=O)c(F)cc1C(=O)Nc1c(F)cccc1Cl. The van der Waals surface area contributed by atoms with Crippen LogP contribution >= 0.6 is 11.6 Å². The number of benzene rings is 2. The number of amides is 1. The Hall–Kier alpha value is -3.24. The summed E-state index contributed by atoms with van der Waals surface area (Å²) in [6.07, 6.45) is 1.09. The number of para-hydroxylation sites is 1. The number of hydrogen-bond donors (Lipinski definition) is 2. The second-order valence-corrected chi connectivity index (χ2v) is 7.80. The zero-order chi connectivity index (χ0) is 24.3. The van der Waals surface area contributed by atoms with Crippen LogP contribution in [0.1, 0.15) is 42.9 Å². The highest BCUT2D eigenvalue weighted by atomic mass is 35.5. The van der Waals surface area contributed by atoms with E-state index in [1.165, 1.54) is 25.2 Å². The van der Waals surface area contributed by atoms with Crippen molar-refractivity contribution in [3.63, 3.8) is 0 Å². The Morgan fingerprint density at radius 2 is 2.03 bits per heavy atom. The van der Waals surface area contributed by atoms with Gasteiger partial charge in [0.2, 0.25) is 0 Å². The average molecular weight is 481 g/mol. The molecule has 0 fully saturated rings. The maximum atomic E-state index is 15.1. The summed E-state index contributed by atoms with van der Waals surface area (Å²) in [5.41, 5.74) is -1.44. The van der Waals surface area contributed by atoms with Gasteiger partial charge in [-0.25, -0.2) is 13.6 Å². The lowest BCUT2D eigenvalue weighted by molar-refractivity contribution is 0.101. The van der Waals surface area contributed by atoms with Crippen LogP contribution in [0.3, 0.4) is 0 Å². The maximum Gasteiger partial charge on any atom is 0.350 e. The zero-order valence-corrected chi connectivity index (χ0v) is 19.0. The highest BCUT2D eigenvalue weighted by molar-refractivity contribution is 6.34. The van der Waals surface area contributed by atoms with Crippen LogP contribution in [0.25, 0.3) is 5.69 Å². The third-order valence-corrected chi connectivity index (χ3v) is 5.27. The monoisotopic (exact) mass is 480 g/mol. The number of aliphatic hydroxyl groups is 1. The van der Waals surface area contributed by atoms with Crippen molar-refractivity contribution in [2.75, 3.05) is 5.32 Å². The standard InChI is InChI=1S/C22H23ClF2N4O4/c1-4-6-12(2)33-18-10-17(29-22(32)28(3)19(11-30)27-29)16(25)9-13(18)21(31)26-20-14(23)7-5-8-15(20)24/h5,7-10,12,30H,4,6,11H2,1-3H3,(H,26,31). The van der Waals surface area contributed by atoms with Gasteiger partial charge in [-0.05, 0) is 31.5 Å². The van der Waals surface area contributed by atoms with Gasteiger partial charge in [0.1, 0.15) is 29.7 Å². The van der Waals surface area contributed by atoms with Crippen molar-refractivity contribution in [2.45, 2.75) is 39.4 Å². The molecule has 1 heterocycles. The molecule has 1 atom stereocenters. The Bertz CT molecular complexity index is 1220. The molecule has 0 saturated heterocycles. The van der Waals surface area contributed by atoms with Crippen LogP contribution in [0.15, 0.2) is 35.1 Å². The molecule has 8 nitrogen and oxygen atoms in total. The third kappa shape index (κ3) is 5.07. The van der Waals surface area contributed by atoms with E-state index in [0.717, 1.165) is 27.8 Å². The summed E-state index contributed by atoms with van der Waals surface area (Å²) in [4.78, 5) is 25.4. The van der Waals surface area contributed by atoms with E-state index in [1.807, 2.05) is 6.92 Å². The number of ether oxygens (including phenoxy) is 1. The number of anilines is 1. The largest absolute Gasteiger partial charge is 0.490 e. The van der Waals surface area contributed by atoms with Crippen LogP contribution in [-0.4, -0.2) is 31.5 Å². The third-order valence-electron chi connectivity index (χ3n) is 4.96. The highest BCUT2D eigenvalue weighted by Crippen LogP contribution is 2.30. The lowest BCUT2D eigenvalue weighted by Gasteiger charge is -2.18. The van der Waals surface area contributed by atoms with Gasteiger partial charge in [0.15, 0.2) is 5.82 Å². The van der Waals surface area contributed by atoms with Crippen molar-refractivity contribution in [3.8, 4) is 11.4 Å². The second kappa shape index (κ2) is 10.1. The first kappa shape index (κ1) is 24.4. The maximum absolute atomic E-state index is 15.1.